The number of carbonyl (C=O) groups excluding carboxylic acids is 1. The molecule has 0 saturated carbocycles. The van der Waals surface area contributed by atoms with Crippen LogP contribution in [-0.4, -0.2) is 35.3 Å². The van der Waals surface area contributed by atoms with Crippen LogP contribution < -0.4 is 0 Å². The molecule has 94 valence electrons. The molecule has 1 aliphatic rings. The maximum absolute atomic E-state index is 11.7. The van der Waals surface area contributed by atoms with Gasteiger partial charge in [0.15, 0.2) is 0 Å². The quantitative estimate of drug-likeness (QED) is 0.772. The number of nitrogens with zero attached hydrogens (tertiary/aromatic N) is 2. The largest absolute Gasteiger partial charge is 0.463 e. The van der Waals surface area contributed by atoms with E-state index in [-0.39, 0.29) is 6.10 Å². The van der Waals surface area contributed by atoms with Crippen molar-refractivity contribution in [1.29, 1.82) is 0 Å². The SMILES string of the molecule is COC(=O)c1nc2ccccc2n1C[C@@H]1CCO1. The van der Waals surface area contributed by atoms with Crippen LogP contribution in [-0.2, 0) is 16.0 Å². The molecule has 1 atom stereocenters. The van der Waals surface area contributed by atoms with Gasteiger partial charge in [0.1, 0.15) is 0 Å². The highest BCUT2D eigenvalue weighted by Crippen LogP contribution is 2.21. The lowest BCUT2D eigenvalue weighted by molar-refractivity contribution is -0.0590. The molecule has 0 bridgehead atoms. The Bertz CT molecular complexity index is 587. The van der Waals surface area contributed by atoms with E-state index in [1.807, 2.05) is 28.8 Å². The van der Waals surface area contributed by atoms with Gasteiger partial charge < -0.3 is 14.0 Å². The minimum atomic E-state index is -0.412. The summed E-state index contributed by atoms with van der Waals surface area (Å²) < 4.78 is 12.1. The number of esters is 1. The molecule has 2 aromatic rings. The number of imidazole rings is 1. The zero-order valence-corrected chi connectivity index (χ0v) is 10.1. The number of fused-ring (bicyclic) bond motifs is 1. The Morgan fingerprint density at radius 3 is 3.00 bits per heavy atom. The highest BCUT2D eigenvalue weighted by Gasteiger charge is 2.24. The molecule has 0 radical (unpaired) electrons. The van der Waals surface area contributed by atoms with Crippen molar-refractivity contribution in [2.24, 2.45) is 0 Å². The summed E-state index contributed by atoms with van der Waals surface area (Å²) in [5.41, 5.74) is 1.74. The summed E-state index contributed by atoms with van der Waals surface area (Å²) in [6.45, 7) is 1.44. The number of para-hydroxylation sites is 2. The molecule has 5 heteroatoms. The van der Waals surface area contributed by atoms with Crippen molar-refractivity contribution in [3.8, 4) is 0 Å². The lowest BCUT2D eigenvalue weighted by Gasteiger charge is -2.27. The van der Waals surface area contributed by atoms with Gasteiger partial charge in [-0.3, -0.25) is 0 Å². The number of benzene rings is 1. The third kappa shape index (κ3) is 1.76. The van der Waals surface area contributed by atoms with Crippen molar-refractivity contribution in [3.63, 3.8) is 0 Å². The van der Waals surface area contributed by atoms with E-state index >= 15 is 0 Å². The van der Waals surface area contributed by atoms with Gasteiger partial charge in [0.2, 0.25) is 5.82 Å². The van der Waals surface area contributed by atoms with E-state index in [2.05, 4.69) is 4.98 Å². The highest BCUT2D eigenvalue weighted by atomic mass is 16.5. The van der Waals surface area contributed by atoms with E-state index in [0.717, 1.165) is 24.1 Å². The summed E-state index contributed by atoms with van der Waals surface area (Å²) in [4.78, 5) is 16.1. The maximum Gasteiger partial charge on any atom is 0.374 e. The molecule has 1 aromatic carbocycles. The normalized spacial score (nSPS) is 18.6. The molecule has 0 amide bonds. The average molecular weight is 246 g/mol. The molecule has 0 N–H and O–H groups in total. The first-order valence-electron chi connectivity index (χ1n) is 5.95. The molecule has 18 heavy (non-hydrogen) atoms. The second-order valence-electron chi connectivity index (χ2n) is 4.31. The van der Waals surface area contributed by atoms with Crippen LogP contribution in [0, 0.1) is 0 Å². The molecular formula is C13H14N2O3. The average Bonchev–Trinajstić information content (AvgIpc) is 2.71. The lowest BCUT2D eigenvalue weighted by Crippen LogP contribution is -2.32. The molecule has 1 aliphatic heterocycles. The first kappa shape index (κ1) is 11.2. The van der Waals surface area contributed by atoms with Crippen LogP contribution in [0.4, 0.5) is 0 Å². The molecule has 1 aromatic heterocycles. The predicted molar refractivity (Wildman–Crippen MR) is 65.4 cm³/mol. The fourth-order valence-corrected chi connectivity index (χ4v) is 2.14. The van der Waals surface area contributed by atoms with E-state index in [1.54, 1.807) is 0 Å². The van der Waals surface area contributed by atoms with E-state index in [0.29, 0.717) is 12.4 Å². The Morgan fingerprint density at radius 1 is 1.56 bits per heavy atom. The van der Waals surface area contributed by atoms with Crippen molar-refractivity contribution in [2.45, 2.75) is 19.1 Å². The highest BCUT2D eigenvalue weighted by molar-refractivity contribution is 5.91. The van der Waals surface area contributed by atoms with E-state index in [4.69, 9.17) is 9.47 Å². The number of carbonyl (C=O) groups is 1. The van der Waals surface area contributed by atoms with Crippen molar-refractivity contribution in [3.05, 3.63) is 30.1 Å². The van der Waals surface area contributed by atoms with Crippen LogP contribution in [0.15, 0.2) is 24.3 Å². The van der Waals surface area contributed by atoms with Gasteiger partial charge in [-0.25, -0.2) is 9.78 Å². The zero-order valence-electron chi connectivity index (χ0n) is 10.1. The van der Waals surface area contributed by atoms with Gasteiger partial charge in [-0.15, -0.1) is 0 Å². The maximum atomic E-state index is 11.7. The summed E-state index contributed by atoms with van der Waals surface area (Å²) >= 11 is 0. The van der Waals surface area contributed by atoms with Gasteiger partial charge >= 0.3 is 5.97 Å². The Balaban J connectivity index is 2.07. The molecule has 1 saturated heterocycles. The van der Waals surface area contributed by atoms with Crippen molar-refractivity contribution >= 4 is 17.0 Å². The van der Waals surface area contributed by atoms with Crippen LogP contribution in [0.2, 0.25) is 0 Å². The molecule has 2 heterocycles. The number of rotatable bonds is 3. The zero-order chi connectivity index (χ0) is 12.5. The Labute approximate surface area is 104 Å². The fourth-order valence-electron chi connectivity index (χ4n) is 2.14. The lowest BCUT2D eigenvalue weighted by atomic mass is 10.2. The summed E-state index contributed by atoms with van der Waals surface area (Å²) in [5, 5.41) is 0. The minimum absolute atomic E-state index is 0.172. The van der Waals surface area contributed by atoms with E-state index < -0.39 is 5.97 Å². The molecule has 3 rings (SSSR count). The second kappa shape index (κ2) is 4.42. The van der Waals surface area contributed by atoms with Crippen molar-refractivity contribution in [1.82, 2.24) is 9.55 Å². The Morgan fingerprint density at radius 2 is 2.33 bits per heavy atom. The molecule has 5 nitrogen and oxygen atoms in total. The number of hydrogen-bond donors (Lipinski definition) is 0. The van der Waals surface area contributed by atoms with E-state index in [9.17, 15) is 4.79 Å². The summed E-state index contributed by atoms with van der Waals surface area (Å²) in [6, 6.07) is 7.68. The molecule has 0 unspecified atom stereocenters. The number of aromatic nitrogens is 2. The van der Waals surface area contributed by atoms with Gasteiger partial charge in [-0.2, -0.15) is 0 Å². The summed E-state index contributed by atoms with van der Waals surface area (Å²) in [5.74, 6) is -0.0697. The summed E-state index contributed by atoms with van der Waals surface area (Å²) in [7, 11) is 1.37. The van der Waals surface area contributed by atoms with Crippen LogP contribution in [0.3, 0.4) is 0 Å². The third-order valence-corrected chi connectivity index (χ3v) is 3.20. The second-order valence-corrected chi connectivity index (χ2v) is 4.31. The third-order valence-electron chi connectivity index (χ3n) is 3.20. The number of methoxy groups -OCH3 is 1. The minimum Gasteiger partial charge on any atom is -0.463 e. The van der Waals surface area contributed by atoms with Crippen LogP contribution in [0.5, 0.6) is 0 Å². The molecular weight excluding hydrogens is 232 g/mol. The van der Waals surface area contributed by atoms with Gasteiger partial charge in [-0.1, -0.05) is 12.1 Å². The molecule has 0 aliphatic carbocycles. The number of hydrogen-bond acceptors (Lipinski definition) is 4. The standard InChI is InChI=1S/C13H14N2O3/c1-17-13(16)12-14-10-4-2-3-5-11(10)15(12)8-9-6-7-18-9/h2-5,9H,6-8H2,1H3/t9-/m0/s1. The molecule has 1 fully saturated rings. The monoisotopic (exact) mass is 246 g/mol. The van der Waals surface area contributed by atoms with Gasteiger partial charge in [0.05, 0.1) is 30.8 Å². The van der Waals surface area contributed by atoms with E-state index in [1.165, 1.54) is 7.11 Å². The Hall–Kier alpha value is -1.88. The van der Waals surface area contributed by atoms with Crippen molar-refractivity contribution in [2.75, 3.05) is 13.7 Å². The van der Waals surface area contributed by atoms with Gasteiger partial charge in [0, 0.05) is 6.61 Å². The first-order valence-corrected chi connectivity index (χ1v) is 5.95. The van der Waals surface area contributed by atoms with Crippen LogP contribution >= 0.6 is 0 Å². The van der Waals surface area contributed by atoms with Gasteiger partial charge in [-0.05, 0) is 18.6 Å². The molecule has 0 spiro atoms. The topological polar surface area (TPSA) is 53.3 Å². The Kier molecular flexibility index (Phi) is 2.76. The smallest absolute Gasteiger partial charge is 0.374 e. The van der Waals surface area contributed by atoms with Crippen LogP contribution in [0.1, 0.15) is 17.0 Å². The fraction of sp³-hybridized carbons (Fsp3) is 0.385. The van der Waals surface area contributed by atoms with Gasteiger partial charge in [0.25, 0.3) is 0 Å². The predicted octanol–water partition coefficient (Wildman–Crippen LogP) is 1.61. The van der Waals surface area contributed by atoms with Crippen molar-refractivity contribution < 1.29 is 14.3 Å². The number of ether oxygens (including phenoxy) is 2. The van der Waals surface area contributed by atoms with Crippen LogP contribution in [0.25, 0.3) is 11.0 Å². The summed E-state index contributed by atoms with van der Waals surface area (Å²) in [6.07, 6.45) is 1.19. The first-order chi connectivity index (χ1) is 8.79.